The van der Waals surface area contributed by atoms with Gasteiger partial charge in [-0.3, -0.25) is 4.79 Å². The molecule has 4 atom stereocenters. The van der Waals surface area contributed by atoms with Crippen LogP contribution in [0.5, 0.6) is 0 Å². The van der Waals surface area contributed by atoms with Crippen molar-refractivity contribution in [3.63, 3.8) is 0 Å². The van der Waals surface area contributed by atoms with Gasteiger partial charge in [0.05, 0.1) is 24.0 Å². The van der Waals surface area contributed by atoms with E-state index in [-0.39, 0.29) is 35.7 Å². The van der Waals surface area contributed by atoms with Crippen LogP contribution in [0.4, 0.5) is 5.69 Å². The molecule has 4 unspecified atom stereocenters. The van der Waals surface area contributed by atoms with Gasteiger partial charge in [-0.1, -0.05) is 20.8 Å². The van der Waals surface area contributed by atoms with Gasteiger partial charge in [-0.2, -0.15) is 0 Å². The number of anilines is 1. The second kappa shape index (κ2) is 6.13. The molecule has 122 valence electrons. The quantitative estimate of drug-likeness (QED) is 0.875. The molecule has 0 saturated heterocycles. The number of carbonyl (C=O) groups excluding carboxylic acids is 1. The van der Waals surface area contributed by atoms with Gasteiger partial charge in [0.15, 0.2) is 0 Å². The summed E-state index contributed by atoms with van der Waals surface area (Å²) in [6, 6.07) is 0.0125. The van der Waals surface area contributed by atoms with Crippen molar-refractivity contribution < 1.29 is 4.79 Å². The Morgan fingerprint density at radius 2 is 1.82 bits per heavy atom. The molecule has 0 aliphatic heterocycles. The molecule has 0 spiro atoms. The maximum atomic E-state index is 12.5. The Morgan fingerprint density at radius 1 is 1.23 bits per heavy atom. The molecule has 1 aromatic heterocycles. The number of amides is 1. The van der Waals surface area contributed by atoms with Crippen molar-refractivity contribution in [3.05, 3.63) is 18.2 Å². The van der Waals surface area contributed by atoms with E-state index in [0.717, 1.165) is 18.7 Å². The number of aromatic nitrogens is 2. The Bertz CT molecular complexity index is 538. The van der Waals surface area contributed by atoms with Crippen LogP contribution in [0.15, 0.2) is 12.4 Å². The highest BCUT2D eigenvalue weighted by Crippen LogP contribution is 2.47. The lowest BCUT2D eigenvalue weighted by Gasteiger charge is -2.27. The molecular weight excluding hydrogens is 300 g/mol. The van der Waals surface area contributed by atoms with Crippen LogP contribution in [-0.2, 0) is 10.2 Å². The van der Waals surface area contributed by atoms with Crippen LogP contribution in [0.1, 0.15) is 45.9 Å². The topological polar surface area (TPSA) is 80.9 Å². The van der Waals surface area contributed by atoms with Gasteiger partial charge < -0.3 is 11.1 Å². The first kappa shape index (κ1) is 17.2. The lowest BCUT2D eigenvalue weighted by Crippen LogP contribution is -2.42. The predicted octanol–water partition coefficient (Wildman–Crippen LogP) is 2.51. The molecule has 1 aromatic rings. The summed E-state index contributed by atoms with van der Waals surface area (Å²) in [5.74, 6) is 1.75. The maximum Gasteiger partial charge on any atom is 0.229 e. The Morgan fingerprint density at radius 3 is 2.32 bits per heavy atom. The molecule has 5 nitrogen and oxygen atoms in total. The molecule has 6 heteroatoms. The van der Waals surface area contributed by atoms with E-state index in [1.807, 2.05) is 0 Å². The Kier molecular flexibility index (Phi) is 4.78. The fraction of sp³-hybridized carbons (Fsp3) is 0.688. The van der Waals surface area contributed by atoms with Gasteiger partial charge in [0.25, 0.3) is 0 Å². The highest BCUT2D eigenvalue weighted by molar-refractivity contribution is 5.93. The van der Waals surface area contributed by atoms with Crippen LogP contribution in [-0.4, -0.2) is 21.9 Å². The van der Waals surface area contributed by atoms with Crippen molar-refractivity contribution in [3.8, 4) is 0 Å². The van der Waals surface area contributed by atoms with Gasteiger partial charge in [0.1, 0.15) is 5.82 Å². The minimum atomic E-state index is -0.0878. The normalized spacial score (nSPS) is 30.0. The molecule has 1 amide bonds. The van der Waals surface area contributed by atoms with Crippen LogP contribution in [0.3, 0.4) is 0 Å². The van der Waals surface area contributed by atoms with Gasteiger partial charge in [-0.15, -0.1) is 12.4 Å². The molecule has 2 aliphatic carbocycles. The van der Waals surface area contributed by atoms with Gasteiger partial charge in [0.2, 0.25) is 5.91 Å². The van der Waals surface area contributed by atoms with E-state index in [9.17, 15) is 4.79 Å². The van der Waals surface area contributed by atoms with Crippen LogP contribution in [0.25, 0.3) is 0 Å². The van der Waals surface area contributed by atoms with Crippen LogP contribution in [0, 0.1) is 17.8 Å². The van der Waals surface area contributed by atoms with Crippen molar-refractivity contribution in [2.45, 2.75) is 51.5 Å². The molecule has 0 radical (unpaired) electrons. The zero-order chi connectivity index (χ0) is 15.2. The summed E-state index contributed by atoms with van der Waals surface area (Å²) in [4.78, 5) is 21.1. The molecule has 1 heterocycles. The van der Waals surface area contributed by atoms with Crippen molar-refractivity contribution in [2.24, 2.45) is 23.5 Å². The van der Waals surface area contributed by atoms with E-state index >= 15 is 0 Å². The second-order valence-electron chi connectivity index (χ2n) is 7.47. The lowest BCUT2D eigenvalue weighted by molar-refractivity contribution is -0.121. The number of halogens is 1. The van der Waals surface area contributed by atoms with Crippen molar-refractivity contribution in [2.75, 3.05) is 5.32 Å². The Hall–Kier alpha value is -1.20. The molecule has 22 heavy (non-hydrogen) atoms. The standard InChI is InChI=1S/C16H24N4O.ClH/c1-16(2,3)15-18-7-11(8-19-15)20-14(21)12-9-4-5-10(6-9)13(12)17;/h7-10,12-13H,4-6,17H2,1-3H3,(H,20,21);1H. The van der Waals surface area contributed by atoms with E-state index in [1.54, 1.807) is 12.4 Å². The van der Waals surface area contributed by atoms with Gasteiger partial charge in [-0.25, -0.2) is 9.97 Å². The Balaban J connectivity index is 0.00000176. The number of hydrogen-bond acceptors (Lipinski definition) is 4. The van der Waals surface area contributed by atoms with Crippen molar-refractivity contribution in [1.82, 2.24) is 9.97 Å². The lowest BCUT2D eigenvalue weighted by atomic mass is 9.84. The summed E-state index contributed by atoms with van der Waals surface area (Å²) in [5.41, 5.74) is 6.78. The molecule has 2 bridgehead atoms. The molecule has 2 aliphatic rings. The molecular formula is C16H25ClN4O. The monoisotopic (exact) mass is 324 g/mol. The predicted molar refractivity (Wildman–Crippen MR) is 88.9 cm³/mol. The third kappa shape index (κ3) is 3.10. The van der Waals surface area contributed by atoms with E-state index in [4.69, 9.17) is 5.73 Å². The number of nitrogens with one attached hydrogen (secondary N) is 1. The third-order valence-electron chi connectivity index (χ3n) is 4.87. The average molecular weight is 325 g/mol. The summed E-state index contributed by atoms with van der Waals surface area (Å²) in [5, 5.41) is 2.93. The zero-order valence-electron chi connectivity index (χ0n) is 13.4. The van der Waals surface area contributed by atoms with Crippen molar-refractivity contribution in [1.29, 1.82) is 0 Å². The fourth-order valence-electron chi connectivity index (χ4n) is 3.73. The fourth-order valence-corrected chi connectivity index (χ4v) is 3.73. The Labute approximate surface area is 137 Å². The molecule has 3 rings (SSSR count). The maximum absolute atomic E-state index is 12.5. The van der Waals surface area contributed by atoms with Crippen molar-refractivity contribution >= 4 is 24.0 Å². The van der Waals surface area contributed by atoms with Gasteiger partial charge >= 0.3 is 0 Å². The minimum Gasteiger partial charge on any atom is -0.327 e. The molecule has 3 N–H and O–H groups in total. The van der Waals surface area contributed by atoms with Gasteiger partial charge in [-0.05, 0) is 31.1 Å². The minimum absolute atomic E-state index is 0. The van der Waals surface area contributed by atoms with E-state index in [0.29, 0.717) is 17.5 Å². The van der Waals surface area contributed by atoms with Crippen LogP contribution >= 0.6 is 12.4 Å². The number of hydrogen-bond donors (Lipinski definition) is 2. The largest absolute Gasteiger partial charge is 0.327 e. The summed E-state index contributed by atoms with van der Waals surface area (Å²) in [6.07, 6.45) is 6.79. The first-order valence-electron chi connectivity index (χ1n) is 7.75. The zero-order valence-corrected chi connectivity index (χ0v) is 14.2. The molecule has 2 fully saturated rings. The number of fused-ring (bicyclic) bond motifs is 2. The summed E-state index contributed by atoms with van der Waals surface area (Å²) in [7, 11) is 0. The smallest absolute Gasteiger partial charge is 0.229 e. The molecule has 2 saturated carbocycles. The SMILES string of the molecule is CC(C)(C)c1ncc(NC(=O)C2C3CCC(C3)C2N)cn1.Cl. The number of carbonyl (C=O) groups is 1. The first-order chi connectivity index (χ1) is 9.86. The highest BCUT2D eigenvalue weighted by Gasteiger charge is 2.49. The van der Waals surface area contributed by atoms with E-state index in [2.05, 4.69) is 36.1 Å². The number of nitrogens with zero attached hydrogens (tertiary/aromatic N) is 2. The van der Waals surface area contributed by atoms with E-state index in [1.165, 1.54) is 6.42 Å². The van der Waals surface area contributed by atoms with Gasteiger partial charge in [0, 0.05) is 11.5 Å². The average Bonchev–Trinajstić information content (AvgIpc) is 2.98. The summed E-state index contributed by atoms with van der Waals surface area (Å²) >= 11 is 0. The highest BCUT2D eigenvalue weighted by atomic mass is 35.5. The number of rotatable bonds is 2. The first-order valence-corrected chi connectivity index (χ1v) is 7.75. The third-order valence-corrected chi connectivity index (χ3v) is 4.87. The second-order valence-corrected chi connectivity index (χ2v) is 7.47. The summed E-state index contributed by atoms with van der Waals surface area (Å²) in [6.45, 7) is 6.19. The van der Waals surface area contributed by atoms with E-state index < -0.39 is 0 Å². The molecule has 0 aromatic carbocycles. The summed E-state index contributed by atoms with van der Waals surface area (Å²) < 4.78 is 0. The number of nitrogens with two attached hydrogens (primary N) is 1. The van der Waals surface area contributed by atoms with Crippen LogP contribution in [0.2, 0.25) is 0 Å². The van der Waals surface area contributed by atoms with Crippen LogP contribution < -0.4 is 11.1 Å².